The van der Waals surface area contributed by atoms with Gasteiger partial charge in [0, 0.05) is 16.9 Å². The van der Waals surface area contributed by atoms with Crippen LogP contribution in [0.4, 0.5) is 0 Å². The van der Waals surface area contributed by atoms with Gasteiger partial charge in [-0.25, -0.2) is 0 Å². The van der Waals surface area contributed by atoms with Gasteiger partial charge < -0.3 is 14.9 Å². The second-order valence-electron chi connectivity index (χ2n) is 5.39. The van der Waals surface area contributed by atoms with E-state index >= 15 is 0 Å². The molecular weight excluding hydrogens is 264 g/mol. The van der Waals surface area contributed by atoms with Crippen molar-refractivity contribution in [3.05, 3.63) is 28.3 Å². The van der Waals surface area contributed by atoms with E-state index in [1.165, 1.54) is 0 Å². The van der Waals surface area contributed by atoms with Crippen LogP contribution in [0.5, 0.6) is 5.75 Å². The van der Waals surface area contributed by atoms with Gasteiger partial charge in [-0.3, -0.25) is 0 Å². The maximum absolute atomic E-state index is 9.65. The van der Waals surface area contributed by atoms with E-state index in [0.717, 1.165) is 36.1 Å². The van der Waals surface area contributed by atoms with Gasteiger partial charge in [-0.05, 0) is 36.1 Å². The first-order valence-corrected chi connectivity index (χ1v) is 7.18. The topological polar surface area (TPSA) is 49.7 Å². The summed E-state index contributed by atoms with van der Waals surface area (Å²) in [7, 11) is 0. The molecule has 0 spiro atoms. The highest BCUT2D eigenvalue weighted by molar-refractivity contribution is 6.30. The SMILES string of the molecule is CCCC(CO)(CO)Cc1cc(Cl)cc2c1OCC2. The highest BCUT2D eigenvalue weighted by atomic mass is 35.5. The molecule has 0 unspecified atom stereocenters. The van der Waals surface area contributed by atoms with Gasteiger partial charge >= 0.3 is 0 Å². The lowest BCUT2D eigenvalue weighted by Crippen LogP contribution is -2.32. The number of benzene rings is 1. The Balaban J connectivity index is 2.31. The average Bonchev–Trinajstić information content (AvgIpc) is 2.86. The molecular formula is C15H21ClO3. The molecule has 0 aliphatic carbocycles. The fourth-order valence-electron chi connectivity index (χ4n) is 2.82. The molecule has 2 rings (SSSR count). The van der Waals surface area contributed by atoms with Crippen LogP contribution in [0.25, 0.3) is 0 Å². The van der Waals surface area contributed by atoms with Crippen molar-refractivity contribution < 1.29 is 14.9 Å². The number of halogens is 1. The molecule has 0 amide bonds. The minimum absolute atomic E-state index is 0.0291. The van der Waals surface area contributed by atoms with Crippen LogP contribution in [-0.2, 0) is 12.8 Å². The zero-order chi connectivity index (χ0) is 13.9. The summed E-state index contributed by atoms with van der Waals surface area (Å²) < 4.78 is 5.68. The van der Waals surface area contributed by atoms with E-state index in [1.807, 2.05) is 12.1 Å². The molecule has 2 N–H and O–H groups in total. The first kappa shape index (κ1) is 14.6. The van der Waals surface area contributed by atoms with Crippen LogP contribution in [0.1, 0.15) is 30.9 Å². The van der Waals surface area contributed by atoms with E-state index in [4.69, 9.17) is 16.3 Å². The van der Waals surface area contributed by atoms with Crippen LogP contribution < -0.4 is 4.74 Å². The Morgan fingerprint density at radius 1 is 1.32 bits per heavy atom. The fourth-order valence-corrected chi connectivity index (χ4v) is 3.08. The van der Waals surface area contributed by atoms with Gasteiger partial charge in [-0.1, -0.05) is 24.9 Å². The molecule has 0 saturated carbocycles. The number of aliphatic hydroxyl groups is 2. The van der Waals surface area contributed by atoms with E-state index in [0.29, 0.717) is 18.1 Å². The Bertz CT molecular complexity index is 441. The molecule has 0 atom stereocenters. The van der Waals surface area contributed by atoms with Gasteiger partial charge in [-0.15, -0.1) is 0 Å². The molecule has 0 radical (unpaired) electrons. The van der Waals surface area contributed by atoms with Crippen molar-refractivity contribution in [1.82, 2.24) is 0 Å². The maximum Gasteiger partial charge on any atom is 0.125 e. The number of ether oxygens (including phenoxy) is 1. The number of hydrogen-bond acceptors (Lipinski definition) is 3. The molecule has 106 valence electrons. The zero-order valence-electron chi connectivity index (χ0n) is 11.3. The molecule has 1 aromatic rings. The Labute approximate surface area is 119 Å². The molecule has 1 aliphatic heterocycles. The van der Waals surface area contributed by atoms with E-state index in [2.05, 4.69) is 6.92 Å². The van der Waals surface area contributed by atoms with Crippen molar-refractivity contribution in [2.45, 2.75) is 32.6 Å². The number of hydrogen-bond donors (Lipinski definition) is 2. The van der Waals surface area contributed by atoms with Crippen molar-refractivity contribution in [3.63, 3.8) is 0 Å². The van der Waals surface area contributed by atoms with Crippen LogP contribution in [0, 0.1) is 5.41 Å². The van der Waals surface area contributed by atoms with Crippen LogP contribution in [0.2, 0.25) is 5.02 Å². The Hall–Kier alpha value is -0.770. The first-order chi connectivity index (χ1) is 9.14. The second kappa shape index (κ2) is 6.12. The second-order valence-corrected chi connectivity index (χ2v) is 5.83. The zero-order valence-corrected chi connectivity index (χ0v) is 12.0. The first-order valence-electron chi connectivity index (χ1n) is 6.80. The summed E-state index contributed by atoms with van der Waals surface area (Å²) in [6, 6.07) is 3.83. The molecule has 0 aromatic heterocycles. The van der Waals surface area contributed by atoms with Gasteiger partial charge in [-0.2, -0.15) is 0 Å². The Morgan fingerprint density at radius 3 is 2.68 bits per heavy atom. The summed E-state index contributed by atoms with van der Waals surface area (Å²) in [6.07, 6.45) is 3.17. The van der Waals surface area contributed by atoms with E-state index < -0.39 is 5.41 Å². The van der Waals surface area contributed by atoms with E-state index in [-0.39, 0.29) is 13.2 Å². The summed E-state index contributed by atoms with van der Waals surface area (Å²) in [6.45, 7) is 2.68. The van der Waals surface area contributed by atoms with Crippen LogP contribution in [0.3, 0.4) is 0 Å². The monoisotopic (exact) mass is 284 g/mol. The lowest BCUT2D eigenvalue weighted by Gasteiger charge is -2.30. The smallest absolute Gasteiger partial charge is 0.125 e. The average molecular weight is 285 g/mol. The minimum Gasteiger partial charge on any atom is -0.493 e. The Kier molecular flexibility index (Phi) is 4.71. The van der Waals surface area contributed by atoms with Gasteiger partial charge in [0.15, 0.2) is 0 Å². The Morgan fingerprint density at radius 2 is 2.05 bits per heavy atom. The summed E-state index contributed by atoms with van der Waals surface area (Å²) in [4.78, 5) is 0. The van der Waals surface area contributed by atoms with Crippen molar-refractivity contribution >= 4 is 11.6 Å². The van der Waals surface area contributed by atoms with Gasteiger partial charge in [0.2, 0.25) is 0 Å². The standard InChI is InChI=1S/C15H21ClO3/c1-2-4-15(9-17,10-18)8-12-7-13(16)6-11-3-5-19-14(11)12/h6-7,17-18H,2-5,8-10H2,1H3. The summed E-state index contributed by atoms with van der Waals surface area (Å²) >= 11 is 6.14. The number of rotatable bonds is 6. The molecule has 0 saturated heterocycles. The normalized spacial score (nSPS) is 14.3. The van der Waals surface area contributed by atoms with Crippen molar-refractivity contribution in [1.29, 1.82) is 0 Å². The summed E-state index contributed by atoms with van der Waals surface area (Å²) in [5.74, 6) is 0.895. The summed E-state index contributed by atoms with van der Waals surface area (Å²) in [5, 5.41) is 20.0. The van der Waals surface area contributed by atoms with Crippen LogP contribution >= 0.6 is 11.6 Å². The molecule has 1 aromatic carbocycles. The predicted molar refractivity (Wildman–Crippen MR) is 75.9 cm³/mol. The molecule has 3 nitrogen and oxygen atoms in total. The fraction of sp³-hybridized carbons (Fsp3) is 0.600. The number of fused-ring (bicyclic) bond motifs is 1. The van der Waals surface area contributed by atoms with Crippen LogP contribution in [0.15, 0.2) is 12.1 Å². The van der Waals surface area contributed by atoms with Crippen molar-refractivity contribution in [2.75, 3.05) is 19.8 Å². The molecule has 0 fully saturated rings. The molecule has 0 bridgehead atoms. The third kappa shape index (κ3) is 3.04. The molecule has 4 heteroatoms. The quantitative estimate of drug-likeness (QED) is 0.844. The van der Waals surface area contributed by atoms with E-state index in [9.17, 15) is 10.2 Å². The highest BCUT2D eigenvalue weighted by Gasteiger charge is 2.31. The third-order valence-electron chi connectivity index (χ3n) is 3.84. The van der Waals surface area contributed by atoms with Crippen molar-refractivity contribution in [2.24, 2.45) is 5.41 Å². The summed E-state index contributed by atoms with van der Waals surface area (Å²) in [5.41, 5.74) is 1.64. The highest BCUT2D eigenvalue weighted by Crippen LogP contribution is 2.38. The molecule has 1 heterocycles. The van der Waals surface area contributed by atoms with Crippen LogP contribution in [-0.4, -0.2) is 30.0 Å². The largest absolute Gasteiger partial charge is 0.493 e. The lowest BCUT2D eigenvalue weighted by molar-refractivity contribution is 0.0462. The minimum atomic E-state index is -0.487. The molecule has 19 heavy (non-hydrogen) atoms. The van der Waals surface area contributed by atoms with Gasteiger partial charge in [0.05, 0.1) is 19.8 Å². The van der Waals surface area contributed by atoms with E-state index in [1.54, 1.807) is 0 Å². The maximum atomic E-state index is 9.65. The van der Waals surface area contributed by atoms with Crippen molar-refractivity contribution in [3.8, 4) is 5.75 Å². The number of aliphatic hydroxyl groups excluding tert-OH is 2. The lowest BCUT2D eigenvalue weighted by atomic mass is 9.79. The van der Waals surface area contributed by atoms with Gasteiger partial charge in [0.25, 0.3) is 0 Å². The predicted octanol–water partition coefficient (Wildman–Crippen LogP) is 2.59. The molecule has 1 aliphatic rings. The third-order valence-corrected chi connectivity index (χ3v) is 4.06. The van der Waals surface area contributed by atoms with Gasteiger partial charge in [0.1, 0.15) is 5.75 Å².